The summed E-state index contributed by atoms with van der Waals surface area (Å²) in [4.78, 5) is 39.2. The van der Waals surface area contributed by atoms with Gasteiger partial charge in [0.25, 0.3) is 5.56 Å². The Morgan fingerprint density at radius 1 is 1.02 bits per heavy atom. The van der Waals surface area contributed by atoms with Gasteiger partial charge in [0.15, 0.2) is 11.6 Å². The summed E-state index contributed by atoms with van der Waals surface area (Å²) in [5.41, 5.74) is -0.745. The van der Waals surface area contributed by atoms with Gasteiger partial charge in [0.2, 0.25) is 0 Å². The summed E-state index contributed by atoms with van der Waals surface area (Å²) < 4.78 is 52.2. The van der Waals surface area contributed by atoms with Crippen molar-refractivity contribution in [3.05, 3.63) is 86.8 Å². The first-order chi connectivity index (χ1) is 18.6. The zero-order valence-corrected chi connectivity index (χ0v) is 23.7. The number of pyridine rings is 1. The van der Waals surface area contributed by atoms with Gasteiger partial charge in [-0.2, -0.15) is 13.2 Å². The number of carbonyl (C=O) groups is 2. The highest BCUT2D eigenvalue weighted by molar-refractivity contribution is 6.31. The second kappa shape index (κ2) is 12.4. The third-order valence-corrected chi connectivity index (χ3v) is 6.42. The lowest BCUT2D eigenvalue weighted by atomic mass is 9.96. The Morgan fingerprint density at radius 2 is 1.73 bits per heavy atom. The molecule has 0 aliphatic carbocycles. The van der Waals surface area contributed by atoms with Crippen molar-refractivity contribution in [2.24, 2.45) is 0 Å². The zero-order chi connectivity index (χ0) is 29.8. The molecule has 40 heavy (non-hydrogen) atoms. The van der Waals surface area contributed by atoms with Crippen LogP contribution >= 0.6 is 11.6 Å². The van der Waals surface area contributed by atoms with E-state index in [1.54, 1.807) is 18.2 Å². The van der Waals surface area contributed by atoms with Crippen molar-refractivity contribution in [2.75, 3.05) is 13.7 Å². The lowest BCUT2D eigenvalue weighted by molar-refractivity contribution is -0.137. The molecule has 0 radical (unpaired) electrons. The van der Waals surface area contributed by atoms with Crippen LogP contribution in [-0.4, -0.2) is 35.5 Å². The monoisotopic (exact) mass is 577 g/mol. The summed E-state index contributed by atoms with van der Waals surface area (Å²) in [7, 11) is 1.38. The Labute approximate surface area is 235 Å². The Bertz CT molecular complexity index is 1460. The number of hydrogen-bond acceptors (Lipinski definition) is 5. The number of ether oxygens (including phenoxy) is 2. The third-order valence-electron chi connectivity index (χ3n) is 6.18. The molecule has 0 aliphatic rings. The van der Waals surface area contributed by atoms with E-state index in [0.29, 0.717) is 21.7 Å². The van der Waals surface area contributed by atoms with Gasteiger partial charge in [-0.1, -0.05) is 29.8 Å². The minimum absolute atomic E-state index is 0.0906. The van der Waals surface area contributed by atoms with Gasteiger partial charge in [-0.25, -0.2) is 0 Å². The summed E-state index contributed by atoms with van der Waals surface area (Å²) in [5.74, 6) is -0.509. The molecular weight excluding hydrogens is 547 g/mol. The van der Waals surface area contributed by atoms with Crippen LogP contribution < -0.4 is 10.3 Å². The van der Waals surface area contributed by atoms with E-state index >= 15 is 0 Å². The second-order valence-electron chi connectivity index (χ2n) is 10.4. The molecule has 0 spiro atoms. The molecule has 0 aliphatic heterocycles. The molecular formula is C30H31ClF3NO5. The predicted molar refractivity (Wildman–Crippen MR) is 147 cm³/mol. The Hall–Kier alpha value is -3.43. The first-order valence-corrected chi connectivity index (χ1v) is 12.9. The van der Waals surface area contributed by atoms with Crippen molar-refractivity contribution in [1.82, 2.24) is 4.57 Å². The fourth-order valence-corrected chi connectivity index (χ4v) is 4.47. The summed E-state index contributed by atoms with van der Waals surface area (Å²) in [6, 6.07) is 9.40. The highest BCUT2D eigenvalue weighted by Gasteiger charge is 2.31. The van der Waals surface area contributed by atoms with E-state index in [0.717, 1.165) is 12.1 Å². The number of carbonyl (C=O) groups excluding carboxylic acids is 2. The van der Waals surface area contributed by atoms with Gasteiger partial charge in [-0.15, -0.1) is 0 Å². The van der Waals surface area contributed by atoms with E-state index in [-0.39, 0.29) is 36.5 Å². The zero-order valence-electron chi connectivity index (χ0n) is 22.9. The van der Waals surface area contributed by atoms with Gasteiger partial charge in [0, 0.05) is 35.2 Å². The molecule has 1 unspecified atom stereocenters. The highest BCUT2D eigenvalue weighted by Crippen LogP contribution is 2.34. The van der Waals surface area contributed by atoms with Crippen molar-refractivity contribution in [3.8, 4) is 16.9 Å². The van der Waals surface area contributed by atoms with E-state index in [4.69, 9.17) is 21.1 Å². The molecule has 0 bridgehead atoms. The molecule has 0 saturated carbocycles. The lowest BCUT2D eigenvalue weighted by Gasteiger charge is -2.24. The Kier molecular flexibility index (Phi) is 9.64. The second-order valence-corrected chi connectivity index (χ2v) is 10.8. The topological polar surface area (TPSA) is 74.6 Å². The molecule has 1 aromatic heterocycles. The smallest absolute Gasteiger partial charge is 0.416 e. The molecule has 0 N–H and O–H groups in total. The molecule has 3 aromatic rings. The van der Waals surface area contributed by atoms with Crippen LogP contribution in [0.2, 0.25) is 5.02 Å². The summed E-state index contributed by atoms with van der Waals surface area (Å²) >= 11 is 6.18. The standard InChI is InChI=1S/C30H31ClF3NO5/c1-18(36)22-10-9-21(31)15-23(22)24-16-28(38)35(17-27(24)39-5)25(11-12-40-29(2,3)4)26(37)14-19-7-6-8-20(13-19)30(32,33)34/h6-10,13,15-17,25H,11-12,14H2,1-5H3. The fraction of sp³-hybridized carbons (Fsp3) is 0.367. The van der Waals surface area contributed by atoms with Crippen LogP contribution in [0, 0.1) is 0 Å². The molecule has 0 amide bonds. The van der Waals surface area contributed by atoms with Gasteiger partial charge < -0.3 is 14.0 Å². The maximum atomic E-state index is 13.5. The Balaban J connectivity index is 2.08. The Morgan fingerprint density at radius 3 is 2.33 bits per heavy atom. The van der Waals surface area contributed by atoms with Crippen LogP contribution in [0.1, 0.15) is 61.6 Å². The minimum Gasteiger partial charge on any atom is -0.495 e. The predicted octanol–water partition coefficient (Wildman–Crippen LogP) is 6.96. The van der Waals surface area contributed by atoms with E-state index in [2.05, 4.69) is 0 Å². The van der Waals surface area contributed by atoms with E-state index in [1.165, 1.54) is 43.0 Å². The number of rotatable bonds is 10. The number of benzene rings is 2. The van der Waals surface area contributed by atoms with Gasteiger partial charge in [0.1, 0.15) is 5.75 Å². The van der Waals surface area contributed by atoms with Crippen molar-refractivity contribution in [3.63, 3.8) is 0 Å². The van der Waals surface area contributed by atoms with Gasteiger partial charge in [-0.3, -0.25) is 14.4 Å². The molecule has 0 fully saturated rings. The number of hydrogen-bond donors (Lipinski definition) is 0. The first-order valence-electron chi connectivity index (χ1n) is 12.5. The van der Waals surface area contributed by atoms with Crippen LogP contribution in [0.15, 0.2) is 59.5 Å². The molecule has 3 rings (SSSR count). The lowest BCUT2D eigenvalue weighted by Crippen LogP contribution is -2.32. The van der Waals surface area contributed by atoms with E-state index in [1.807, 2.05) is 20.8 Å². The van der Waals surface area contributed by atoms with Crippen molar-refractivity contribution in [2.45, 2.75) is 58.4 Å². The number of nitrogens with zero attached hydrogens (tertiary/aromatic N) is 1. The van der Waals surface area contributed by atoms with E-state index < -0.39 is 34.7 Å². The molecule has 1 heterocycles. The first kappa shape index (κ1) is 31.1. The van der Waals surface area contributed by atoms with E-state index in [9.17, 15) is 27.6 Å². The maximum Gasteiger partial charge on any atom is 0.416 e. The van der Waals surface area contributed by atoms with Crippen LogP contribution in [-0.2, 0) is 22.1 Å². The van der Waals surface area contributed by atoms with Crippen molar-refractivity contribution < 1.29 is 32.2 Å². The minimum atomic E-state index is -4.56. The number of Topliss-reactive ketones (excluding diaryl/α,β-unsaturated/α-hetero) is 2. The van der Waals surface area contributed by atoms with Crippen LogP contribution in [0.25, 0.3) is 11.1 Å². The molecule has 10 heteroatoms. The summed E-state index contributed by atoms with van der Waals surface area (Å²) in [6.07, 6.45) is -3.43. The van der Waals surface area contributed by atoms with Crippen molar-refractivity contribution >= 4 is 23.2 Å². The SMILES string of the molecule is COc1cn(C(CCOC(C)(C)C)C(=O)Cc2cccc(C(F)(F)F)c2)c(=O)cc1-c1cc(Cl)ccc1C(C)=O. The average molecular weight is 578 g/mol. The van der Waals surface area contributed by atoms with Crippen LogP contribution in [0.4, 0.5) is 13.2 Å². The van der Waals surface area contributed by atoms with Gasteiger partial charge >= 0.3 is 6.18 Å². The van der Waals surface area contributed by atoms with Gasteiger partial charge in [-0.05, 0) is 69.5 Å². The fourth-order valence-electron chi connectivity index (χ4n) is 4.30. The van der Waals surface area contributed by atoms with Crippen LogP contribution in [0.3, 0.4) is 0 Å². The number of methoxy groups -OCH3 is 1. The quantitative estimate of drug-likeness (QED) is 0.244. The number of halogens is 4. The maximum absolute atomic E-state index is 13.5. The van der Waals surface area contributed by atoms with Crippen molar-refractivity contribution in [1.29, 1.82) is 0 Å². The molecule has 214 valence electrons. The number of aromatic nitrogens is 1. The molecule has 0 saturated heterocycles. The average Bonchev–Trinajstić information content (AvgIpc) is 2.85. The molecule has 2 aromatic carbocycles. The normalized spacial score (nSPS) is 12.7. The van der Waals surface area contributed by atoms with Crippen LogP contribution in [0.5, 0.6) is 5.75 Å². The van der Waals surface area contributed by atoms with Gasteiger partial charge in [0.05, 0.1) is 30.5 Å². The highest BCUT2D eigenvalue weighted by atomic mass is 35.5. The molecule has 6 nitrogen and oxygen atoms in total. The number of alkyl halides is 3. The summed E-state index contributed by atoms with van der Waals surface area (Å²) in [5, 5.41) is 0.347. The largest absolute Gasteiger partial charge is 0.495 e. The summed E-state index contributed by atoms with van der Waals surface area (Å²) in [6.45, 7) is 7.02. The number of ketones is 2. The third kappa shape index (κ3) is 7.82. The molecule has 1 atom stereocenters.